The first-order valence-corrected chi connectivity index (χ1v) is 6.17. The Bertz CT molecular complexity index is 441. The SMILES string of the molecule is COc1ccc(N)c(NCCC(=O)NC(C)(C)C)n1. The number of pyridine rings is 1. The zero-order chi connectivity index (χ0) is 14.5. The van der Waals surface area contributed by atoms with E-state index in [-0.39, 0.29) is 11.4 Å². The Balaban J connectivity index is 2.47. The van der Waals surface area contributed by atoms with E-state index in [4.69, 9.17) is 10.5 Å². The molecule has 0 saturated carbocycles. The molecule has 0 aliphatic carbocycles. The number of hydrogen-bond donors (Lipinski definition) is 3. The Labute approximate surface area is 113 Å². The quantitative estimate of drug-likeness (QED) is 0.749. The predicted octanol–water partition coefficient (Wildman–Crippen LogP) is 1.39. The summed E-state index contributed by atoms with van der Waals surface area (Å²) < 4.78 is 5.02. The first kappa shape index (κ1) is 15.1. The van der Waals surface area contributed by atoms with Crippen molar-refractivity contribution in [1.82, 2.24) is 10.3 Å². The Morgan fingerprint density at radius 2 is 2.11 bits per heavy atom. The summed E-state index contributed by atoms with van der Waals surface area (Å²) in [5.41, 5.74) is 6.09. The molecule has 1 rings (SSSR count). The van der Waals surface area contributed by atoms with Gasteiger partial charge in [-0.05, 0) is 26.8 Å². The van der Waals surface area contributed by atoms with E-state index in [2.05, 4.69) is 15.6 Å². The predicted molar refractivity (Wildman–Crippen MR) is 76.2 cm³/mol. The minimum atomic E-state index is -0.218. The van der Waals surface area contributed by atoms with E-state index in [0.717, 1.165) is 0 Å². The molecule has 0 fully saturated rings. The van der Waals surface area contributed by atoms with Crippen molar-refractivity contribution in [2.75, 3.05) is 24.7 Å². The summed E-state index contributed by atoms with van der Waals surface area (Å²) in [4.78, 5) is 15.8. The van der Waals surface area contributed by atoms with Gasteiger partial charge in [-0.1, -0.05) is 0 Å². The van der Waals surface area contributed by atoms with Crippen LogP contribution in [-0.2, 0) is 4.79 Å². The maximum atomic E-state index is 11.6. The molecule has 1 amide bonds. The van der Waals surface area contributed by atoms with E-state index in [1.165, 1.54) is 0 Å². The molecular weight excluding hydrogens is 244 g/mol. The van der Waals surface area contributed by atoms with Gasteiger partial charge in [0.05, 0.1) is 12.8 Å². The van der Waals surface area contributed by atoms with Crippen LogP contribution in [0.1, 0.15) is 27.2 Å². The fourth-order valence-electron chi connectivity index (χ4n) is 1.48. The molecule has 0 spiro atoms. The van der Waals surface area contributed by atoms with Gasteiger partial charge in [0, 0.05) is 24.6 Å². The lowest BCUT2D eigenvalue weighted by atomic mass is 10.1. The molecule has 0 aromatic carbocycles. The van der Waals surface area contributed by atoms with E-state index in [0.29, 0.717) is 30.4 Å². The molecule has 6 nitrogen and oxygen atoms in total. The highest BCUT2D eigenvalue weighted by atomic mass is 16.5. The Morgan fingerprint density at radius 3 is 2.68 bits per heavy atom. The molecule has 0 aliphatic rings. The van der Waals surface area contributed by atoms with Crippen LogP contribution in [0, 0.1) is 0 Å². The smallest absolute Gasteiger partial charge is 0.222 e. The lowest BCUT2D eigenvalue weighted by Gasteiger charge is -2.20. The van der Waals surface area contributed by atoms with E-state index >= 15 is 0 Å². The number of methoxy groups -OCH3 is 1. The van der Waals surface area contributed by atoms with Crippen molar-refractivity contribution in [1.29, 1.82) is 0 Å². The average molecular weight is 266 g/mol. The van der Waals surface area contributed by atoms with Crippen molar-refractivity contribution in [2.24, 2.45) is 0 Å². The van der Waals surface area contributed by atoms with Crippen LogP contribution >= 0.6 is 0 Å². The van der Waals surface area contributed by atoms with E-state index in [1.807, 2.05) is 20.8 Å². The van der Waals surface area contributed by atoms with Crippen molar-refractivity contribution in [2.45, 2.75) is 32.7 Å². The molecule has 0 unspecified atom stereocenters. The second kappa shape index (κ2) is 6.26. The number of nitrogens with two attached hydrogens (primary N) is 1. The molecule has 1 aromatic heterocycles. The molecule has 0 radical (unpaired) electrons. The normalized spacial score (nSPS) is 10.9. The van der Waals surface area contributed by atoms with Crippen molar-refractivity contribution < 1.29 is 9.53 Å². The van der Waals surface area contributed by atoms with Crippen molar-refractivity contribution >= 4 is 17.4 Å². The summed E-state index contributed by atoms with van der Waals surface area (Å²) in [6, 6.07) is 3.40. The summed E-state index contributed by atoms with van der Waals surface area (Å²) >= 11 is 0. The number of ether oxygens (including phenoxy) is 1. The van der Waals surface area contributed by atoms with Crippen LogP contribution in [0.2, 0.25) is 0 Å². The lowest BCUT2D eigenvalue weighted by molar-refractivity contribution is -0.122. The fourth-order valence-corrected chi connectivity index (χ4v) is 1.48. The van der Waals surface area contributed by atoms with Gasteiger partial charge in [-0.15, -0.1) is 0 Å². The number of hydrogen-bond acceptors (Lipinski definition) is 5. The number of amides is 1. The van der Waals surface area contributed by atoms with Crippen molar-refractivity contribution in [3.05, 3.63) is 12.1 Å². The third-order valence-electron chi connectivity index (χ3n) is 2.27. The van der Waals surface area contributed by atoms with E-state index in [9.17, 15) is 4.79 Å². The molecular formula is C13H22N4O2. The number of anilines is 2. The van der Waals surface area contributed by atoms with Gasteiger partial charge < -0.3 is 21.1 Å². The van der Waals surface area contributed by atoms with Crippen LogP contribution in [0.5, 0.6) is 5.88 Å². The zero-order valence-electron chi connectivity index (χ0n) is 11.9. The third kappa shape index (κ3) is 5.46. The van der Waals surface area contributed by atoms with Gasteiger partial charge in [-0.2, -0.15) is 4.98 Å². The molecule has 0 bridgehead atoms. The Hall–Kier alpha value is -1.98. The van der Waals surface area contributed by atoms with Gasteiger partial charge in [0.1, 0.15) is 0 Å². The standard InChI is InChI=1S/C13H22N4O2/c1-13(2,3)17-10(18)7-8-15-12-9(14)5-6-11(16-12)19-4/h5-6H,7-8,14H2,1-4H3,(H,15,16)(H,17,18). The highest BCUT2D eigenvalue weighted by Crippen LogP contribution is 2.19. The van der Waals surface area contributed by atoms with Crippen molar-refractivity contribution in [3.63, 3.8) is 0 Å². The van der Waals surface area contributed by atoms with Crippen LogP contribution in [0.25, 0.3) is 0 Å². The van der Waals surface area contributed by atoms with Gasteiger partial charge in [0.15, 0.2) is 5.82 Å². The number of carbonyl (C=O) groups excluding carboxylic acids is 1. The van der Waals surface area contributed by atoms with Gasteiger partial charge in [0.25, 0.3) is 0 Å². The second-order valence-electron chi connectivity index (χ2n) is 5.27. The monoisotopic (exact) mass is 266 g/mol. The molecule has 1 aromatic rings. The topological polar surface area (TPSA) is 89.3 Å². The molecule has 19 heavy (non-hydrogen) atoms. The number of nitrogens with one attached hydrogen (secondary N) is 2. The highest BCUT2D eigenvalue weighted by molar-refractivity contribution is 5.77. The van der Waals surface area contributed by atoms with Gasteiger partial charge in [0.2, 0.25) is 11.8 Å². The lowest BCUT2D eigenvalue weighted by Crippen LogP contribution is -2.41. The first-order chi connectivity index (χ1) is 8.81. The number of nitrogen functional groups attached to an aromatic ring is 1. The average Bonchev–Trinajstić information content (AvgIpc) is 2.29. The van der Waals surface area contributed by atoms with Crippen molar-refractivity contribution in [3.8, 4) is 5.88 Å². The summed E-state index contributed by atoms with van der Waals surface area (Å²) in [5, 5.41) is 5.91. The number of aromatic nitrogens is 1. The molecule has 4 N–H and O–H groups in total. The molecule has 106 valence electrons. The summed E-state index contributed by atoms with van der Waals surface area (Å²) in [5.74, 6) is 1.00. The summed E-state index contributed by atoms with van der Waals surface area (Å²) in [7, 11) is 1.54. The van der Waals surface area contributed by atoms with Crippen LogP contribution < -0.4 is 21.1 Å². The third-order valence-corrected chi connectivity index (χ3v) is 2.27. The summed E-state index contributed by atoms with van der Waals surface area (Å²) in [6.45, 7) is 6.30. The minimum Gasteiger partial charge on any atom is -0.481 e. The second-order valence-corrected chi connectivity index (χ2v) is 5.27. The summed E-state index contributed by atoms with van der Waals surface area (Å²) in [6.07, 6.45) is 0.357. The fraction of sp³-hybridized carbons (Fsp3) is 0.538. The zero-order valence-corrected chi connectivity index (χ0v) is 11.9. The van der Waals surface area contributed by atoms with Gasteiger partial charge in [-0.3, -0.25) is 4.79 Å². The Kier molecular flexibility index (Phi) is 4.97. The van der Waals surface area contributed by atoms with E-state index < -0.39 is 0 Å². The van der Waals surface area contributed by atoms with Crippen LogP contribution in [0.4, 0.5) is 11.5 Å². The maximum absolute atomic E-state index is 11.6. The van der Waals surface area contributed by atoms with Crippen LogP contribution in [-0.4, -0.2) is 30.1 Å². The maximum Gasteiger partial charge on any atom is 0.222 e. The van der Waals surface area contributed by atoms with Crippen LogP contribution in [0.15, 0.2) is 12.1 Å². The van der Waals surface area contributed by atoms with Gasteiger partial charge >= 0.3 is 0 Å². The number of rotatable bonds is 5. The van der Waals surface area contributed by atoms with Gasteiger partial charge in [-0.25, -0.2) is 0 Å². The van der Waals surface area contributed by atoms with Crippen LogP contribution in [0.3, 0.4) is 0 Å². The van der Waals surface area contributed by atoms with E-state index in [1.54, 1.807) is 19.2 Å². The number of carbonyl (C=O) groups is 1. The molecule has 0 saturated heterocycles. The Morgan fingerprint density at radius 1 is 1.42 bits per heavy atom. The largest absolute Gasteiger partial charge is 0.481 e. The minimum absolute atomic E-state index is 0.0125. The molecule has 0 atom stereocenters. The highest BCUT2D eigenvalue weighted by Gasteiger charge is 2.13. The molecule has 1 heterocycles. The first-order valence-electron chi connectivity index (χ1n) is 6.17. The molecule has 0 aliphatic heterocycles. The number of nitrogens with zero attached hydrogens (tertiary/aromatic N) is 1. The molecule has 6 heteroatoms.